The number of aryl methyl sites for hydroxylation is 2. The van der Waals surface area contributed by atoms with Crippen LogP contribution in [0.3, 0.4) is 0 Å². The highest BCUT2D eigenvalue weighted by Gasteiger charge is 2.29. The molecule has 0 saturated carbocycles. The Morgan fingerprint density at radius 2 is 1.67 bits per heavy atom. The second-order valence-corrected chi connectivity index (χ2v) is 12.1. The van der Waals surface area contributed by atoms with Crippen LogP contribution < -0.4 is 19.2 Å². The molecule has 0 bridgehead atoms. The Morgan fingerprint density at radius 1 is 0.952 bits per heavy atom. The lowest BCUT2D eigenvalue weighted by Crippen LogP contribution is -2.39. The quantitative estimate of drug-likeness (QED) is 0.170. The molecule has 0 aliphatic heterocycles. The molecule has 1 aromatic heterocycles. The number of ether oxygens (including phenoxy) is 2. The molecule has 3 aromatic carbocycles. The first kappa shape index (κ1) is 31.0. The van der Waals surface area contributed by atoms with Crippen LogP contribution >= 0.6 is 23.2 Å². The van der Waals surface area contributed by atoms with Crippen molar-refractivity contribution in [2.75, 3.05) is 25.1 Å². The highest BCUT2D eigenvalue weighted by molar-refractivity contribution is 7.92. The predicted molar refractivity (Wildman–Crippen MR) is 166 cm³/mol. The fourth-order valence-electron chi connectivity index (χ4n) is 4.41. The Labute approximate surface area is 255 Å². The highest BCUT2D eigenvalue weighted by atomic mass is 35.5. The number of hydrazone groups is 1. The monoisotopic (exact) mass is 628 g/mol. The van der Waals surface area contributed by atoms with E-state index in [9.17, 15) is 13.2 Å². The third kappa shape index (κ3) is 6.56. The summed E-state index contributed by atoms with van der Waals surface area (Å²) in [7, 11) is -1.27. The zero-order valence-corrected chi connectivity index (χ0v) is 26.0. The van der Waals surface area contributed by atoms with Crippen LogP contribution in [0, 0.1) is 20.8 Å². The summed E-state index contributed by atoms with van der Waals surface area (Å²) in [4.78, 5) is 13.1. The van der Waals surface area contributed by atoms with Gasteiger partial charge in [-0.25, -0.2) is 13.8 Å². The number of carbonyl (C=O) groups is 1. The molecule has 1 heterocycles. The van der Waals surface area contributed by atoms with Crippen molar-refractivity contribution in [3.63, 3.8) is 0 Å². The lowest BCUT2D eigenvalue weighted by molar-refractivity contribution is -0.119. The number of hydrogen-bond donors (Lipinski definition) is 1. The Kier molecular flexibility index (Phi) is 9.50. The molecule has 0 spiro atoms. The topological polar surface area (TPSA) is 102 Å². The van der Waals surface area contributed by atoms with E-state index >= 15 is 0 Å². The fraction of sp³-hybridized carbons (Fsp3) is 0.200. The van der Waals surface area contributed by atoms with Crippen LogP contribution in [0.2, 0.25) is 10.0 Å². The predicted octanol–water partition coefficient (Wildman–Crippen LogP) is 6.07. The standard InChI is InChI=1S/C30H30Cl2N4O5S/c1-19-6-10-25(11-7-19)42(38,39)35(28-13-9-24(40-4)16-29(28)41-5)18-30(37)34-33-17-22-14-20(2)36(21(22)3)23-8-12-26(31)27(32)15-23/h6-17H,18H2,1-5H3,(H,34,37)/b33-17-. The number of methoxy groups -OCH3 is 2. The van der Waals surface area contributed by atoms with E-state index in [4.69, 9.17) is 32.7 Å². The lowest BCUT2D eigenvalue weighted by Gasteiger charge is -2.25. The molecule has 4 rings (SSSR count). The van der Waals surface area contributed by atoms with Crippen LogP contribution in [-0.2, 0) is 14.8 Å². The summed E-state index contributed by atoms with van der Waals surface area (Å²) in [6.07, 6.45) is 1.50. The van der Waals surface area contributed by atoms with Crippen LogP contribution in [0.1, 0.15) is 22.5 Å². The van der Waals surface area contributed by atoms with Gasteiger partial charge >= 0.3 is 0 Å². The van der Waals surface area contributed by atoms with Crippen LogP contribution in [0.5, 0.6) is 11.5 Å². The molecule has 0 radical (unpaired) electrons. The van der Waals surface area contributed by atoms with E-state index in [1.54, 1.807) is 36.4 Å². The van der Waals surface area contributed by atoms with Gasteiger partial charge in [-0.3, -0.25) is 9.10 Å². The molecule has 42 heavy (non-hydrogen) atoms. The summed E-state index contributed by atoms with van der Waals surface area (Å²) in [5.41, 5.74) is 6.86. The molecule has 1 amide bonds. The van der Waals surface area contributed by atoms with Crippen LogP contribution in [0.4, 0.5) is 5.69 Å². The number of aromatic nitrogens is 1. The van der Waals surface area contributed by atoms with Gasteiger partial charge in [-0.05, 0) is 69.3 Å². The summed E-state index contributed by atoms with van der Waals surface area (Å²) >= 11 is 12.3. The van der Waals surface area contributed by atoms with E-state index in [0.717, 1.165) is 32.5 Å². The SMILES string of the molecule is COc1ccc(N(CC(=O)N/N=C\c2cc(C)n(-c3ccc(Cl)c(Cl)c3)c2C)S(=O)(=O)c2ccc(C)cc2)c(OC)c1. The molecule has 0 atom stereocenters. The van der Waals surface area contributed by atoms with E-state index in [1.807, 2.05) is 37.5 Å². The number of halogens is 2. The maximum Gasteiger partial charge on any atom is 0.264 e. The van der Waals surface area contributed by atoms with Gasteiger partial charge in [-0.2, -0.15) is 5.10 Å². The Hall–Kier alpha value is -3.99. The van der Waals surface area contributed by atoms with Crippen molar-refractivity contribution in [3.8, 4) is 17.2 Å². The number of rotatable bonds is 10. The molecule has 0 unspecified atom stereocenters. The molecule has 12 heteroatoms. The van der Waals surface area contributed by atoms with Gasteiger partial charge in [0.25, 0.3) is 15.9 Å². The van der Waals surface area contributed by atoms with Gasteiger partial charge in [0.2, 0.25) is 0 Å². The van der Waals surface area contributed by atoms with Crippen molar-refractivity contribution in [3.05, 3.63) is 99.3 Å². The minimum absolute atomic E-state index is 0.0250. The summed E-state index contributed by atoms with van der Waals surface area (Å²) in [5.74, 6) is 0.0324. The van der Waals surface area contributed by atoms with Gasteiger partial charge in [0.1, 0.15) is 18.0 Å². The molecule has 0 aliphatic rings. The molecule has 9 nitrogen and oxygen atoms in total. The largest absolute Gasteiger partial charge is 0.497 e. The Bertz CT molecular complexity index is 1750. The Balaban J connectivity index is 1.61. The molecule has 4 aromatic rings. The van der Waals surface area contributed by atoms with Crippen molar-refractivity contribution in [2.24, 2.45) is 5.10 Å². The molecule has 0 saturated heterocycles. The second-order valence-electron chi connectivity index (χ2n) is 9.42. The highest BCUT2D eigenvalue weighted by Crippen LogP contribution is 2.35. The molecular weight excluding hydrogens is 599 g/mol. The maximum absolute atomic E-state index is 13.8. The van der Waals surface area contributed by atoms with Crippen molar-refractivity contribution in [1.82, 2.24) is 9.99 Å². The molecular formula is C30H30Cl2N4O5S. The average molecular weight is 630 g/mol. The number of anilines is 1. The number of amides is 1. The number of nitrogens with one attached hydrogen (secondary N) is 1. The van der Waals surface area contributed by atoms with E-state index in [0.29, 0.717) is 15.8 Å². The molecule has 1 N–H and O–H groups in total. The first-order valence-corrected chi connectivity index (χ1v) is 14.9. The summed E-state index contributed by atoms with van der Waals surface area (Å²) in [5, 5.41) is 5.00. The van der Waals surface area contributed by atoms with Gasteiger partial charge in [-0.1, -0.05) is 40.9 Å². The smallest absolute Gasteiger partial charge is 0.264 e. The van der Waals surface area contributed by atoms with Crippen molar-refractivity contribution in [2.45, 2.75) is 25.7 Å². The third-order valence-corrected chi connectivity index (χ3v) is 9.09. The van der Waals surface area contributed by atoms with E-state index < -0.39 is 22.5 Å². The fourth-order valence-corrected chi connectivity index (χ4v) is 6.13. The molecule has 0 fully saturated rings. The number of sulfonamides is 1. The number of hydrogen-bond acceptors (Lipinski definition) is 6. The van der Waals surface area contributed by atoms with E-state index in [-0.39, 0.29) is 16.3 Å². The molecule has 0 aliphatic carbocycles. The third-order valence-electron chi connectivity index (χ3n) is 6.58. The average Bonchev–Trinajstić information content (AvgIpc) is 3.25. The van der Waals surface area contributed by atoms with E-state index in [2.05, 4.69) is 10.5 Å². The Morgan fingerprint density at radius 3 is 2.31 bits per heavy atom. The number of carbonyl (C=O) groups excluding carboxylic acids is 1. The lowest BCUT2D eigenvalue weighted by atomic mass is 10.2. The van der Waals surface area contributed by atoms with Gasteiger partial charge in [0, 0.05) is 28.7 Å². The first-order valence-electron chi connectivity index (χ1n) is 12.7. The number of nitrogens with zero attached hydrogens (tertiary/aromatic N) is 3. The number of benzene rings is 3. The second kappa shape index (κ2) is 12.9. The van der Waals surface area contributed by atoms with E-state index in [1.165, 1.54) is 38.6 Å². The zero-order chi connectivity index (χ0) is 30.6. The van der Waals surface area contributed by atoms with Gasteiger partial charge in [0.05, 0.1) is 41.1 Å². The van der Waals surface area contributed by atoms with Crippen molar-refractivity contribution in [1.29, 1.82) is 0 Å². The van der Waals surface area contributed by atoms with Gasteiger partial charge < -0.3 is 14.0 Å². The van der Waals surface area contributed by atoms with Crippen LogP contribution in [0.15, 0.2) is 76.7 Å². The maximum atomic E-state index is 13.8. The van der Waals surface area contributed by atoms with Crippen LogP contribution in [0.25, 0.3) is 5.69 Å². The summed E-state index contributed by atoms with van der Waals surface area (Å²) in [6, 6.07) is 18.3. The minimum Gasteiger partial charge on any atom is -0.497 e. The van der Waals surface area contributed by atoms with Crippen molar-refractivity contribution < 1.29 is 22.7 Å². The van der Waals surface area contributed by atoms with Crippen molar-refractivity contribution >= 4 is 51.0 Å². The first-order chi connectivity index (χ1) is 20.0. The summed E-state index contributed by atoms with van der Waals surface area (Å²) in [6.45, 7) is 5.14. The van der Waals surface area contributed by atoms with Crippen LogP contribution in [-0.4, -0.2) is 45.9 Å². The molecule has 220 valence electrons. The van der Waals surface area contributed by atoms with Gasteiger partial charge in [0.15, 0.2) is 0 Å². The summed E-state index contributed by atoms with van der Waals surface area (Å²) < 4.78 is 41.2. The zero-order valence-electron chi connectivity index (χ0n) is 23.7. The minimum atomic E-state index is -4.17. The van der Waals surface area contributed by atoms with Gasteiger partial charge in [-0.15, -0.1) is 0 Å². The normalized spacial score (nSPS) is 11.5.